The van der Waals surface area contributed by atoms with Gasteiger partial charge in [0.1, 0.15) is 5.69 Å². The Bertz CT molecular complexity index is 896. The summed E-state index contributed by atoms with van der Waals surface area (Å²) in [5.41, 5.74) is 2.69. The van der Waals surface area contributed by atoms with Crippen molar-refractivity contribution in [1.29, 1.82) is 0 Å². The molecule has 1 saturated heterocycles. The van der Waals surface area contributed by atoms with Gasteiger partial charge in [0.05, 0.1) is 17.3 Å². The number of pyridine rings is 2. The van der Waals surface area contributed by atoms with Crippen molar-refractivity contribution >= 4 is 17.5 Å². The van der Waals surface area contributed by atoms with E-state index in [9.17, 15) is 9.59 Å². The van der Waals surface area contributed by atoms with Crippen molar-refractivity contribution in [3.05, 3.63) is 53.6 Å². The van der Waals surface area contributed by atoms with Crippen molar-refractivity contribution in [1.82, 2.24) is 15.3 Å². The average molecular weight is 378 g/mol. The van der Waals surface area contributed by atoms with E-state index in [1.54, 1.807) is 12.3 Å². The number of hydrogen-bond donors (Lipinski definition) is 1. The van der Waals surface area contributed by atoms with Crippen LogP contribution in [-0.4, -0.2) is 34.4 Å². The molecule has 2 aromatic rings. The molecule has 0 bridgehead atoms. The number of amides is 2. The molecule has 6 heteroatoms. The maximum atomic E-state index is 13.3. The third-order valence-electron chi connectivity index (χ3n) is 6.02. The third kappa shape index (κ3) is 3.51. The quantitative estimate of drug-likeness (QED) is 0.890. The van der Waals surface area contributed by atoms with E-state index in [1.165, 1.54) is 0 Å². The molecular formula is C22H26N4O2. The van der Waals surface area contributed by atoms with Crippen LogP contribution in [0.4, 0.5) is 5.69 Å². The molecule has 0 aromatic carbocycles. The van der Waals surface area contributed by atoms with Crippen LogP contribution >= 0.6 is 0 Å². The first-order chi connectivity index (χ1) is 13.5. The molecular weight excluding hydrogens is 352 g/mol. The van der Waals surface area contributed by atoms with Gasteiger partial charge in [-0.2, -0.15) is 0 Å². The molecule has 1 N–H and O–H groups in total. The fourth-order valence-corrected chi connectivity index (χ4v) is 4.52. The highest BCUT2D eigenvalue weighted by Gasteiger charge is 2.49. The van der Waals surface area contributed by atoms with Gasteiger partial charge in [-0.25, -0.2) is 4.98 Å². The van der Waals surface area contributed by atoms with Crippen molar-refractivity contribution < 1.29 is 9.59 Å². The van der Waals surface area contributed by atoms with Gasteiger partial charge in [0.15, 0.2) is 0 Å². The summed E-state index contributed by atoms with van der Waals surface area (Å²) in [5, 5.41) is 3.11. The zero-order valence-corrected chi connectivity index (χ0v) is 16.4. The fourth-order valence-electron chi connectivity index (χ4n) is 4.52. The second kappa shape index (κ2) is 7.34. The number of anilines is 1. The fraction of sp³-hybridized carbons (Fsp3) is 0.455. The summed E-state index contributed by atoms with van der Waals surface area (Å²) >= 11 is 0. The van der Waals surface area contributed by atoms with E-state index in [2.05, 4.69) is 15.3 Å². The van der Waals surface area contributed by atoms with Gasteiger partial charge in [0.25, 0.3) is 5.91 Å². The van der Waals surface area contributed by atoms with Crippen molar-refractivity contribution in [3.63, 3.8) is 0 Å². The van der Waals surface area contributed by atoms with Crippen LogP contribution in [0.15, 0.2) is 36.5 Å². The Balaban J connectivity index is 1.46. The second-order valence-corrected chi connectivity index (χ2v) is 8.08. The lowest BCUT2D eigenvalue weighted by atomic mass is 9.71. The van der Waals surface area contributed by atoms with Gasteiger partial charge < -0.3 is 10.2 Å². The van der Waals surface area contributed by atoms with Crippen LogP contribution < -0.4 is 10.2 Å². The maximum absolute atomic E-state index is 13.3. The topological polar surface area (TPSA) is 75.2 Å². The Hall–Kier alpha value is -2.76. The summed E-state index contributed by atoms with van der Waals surface area (Å²) in [6.45, 7) is 4.52. The molecule has 0 radical (unpaired) electrons. The van der Waals surface area contributed by atoms with E-state index >= 15 is 0 Å². The molecule has 2 amide bonds. The standard InChI is InChI=1S/C22H26N4O2/c1-15-8-9-18(14-23-15)26-12-11-22(21(26)28)10-4-6-17(13-22)25-20(27)19-7-3-5-16(2)24-19/h3,5,7-9,14,17H,4,6,10-13H2,1-2H3,(H,25,27). The molecule has 2 unspecified atom stereocenters. The molecule has 2 aliphatic rings. The van der Waals surface area contributed by atoms with E-state index in [4.69, 9.17) is 0 Å². The molecule has 6 nitrogen and oxygen atoms in total. The molecule has 1 saturated carbocycles. The van der Waals surface area contributed by atoms with Crippen molar-refractivity contribution in [3.8, 4) is 0 Å². The SMILES string of the molecule is Cc1ccc(N2CCC3(CCCC(NC(=O)c4cccc(C)n4)C3)C2=O)cn1. The molecule has 1 spiro atoms. The maximum Gasteiger partial charge on any atom is 0.270 e. The van der Waals surface area contributed by atoms with E-state index in [0.29, 0.717) is 18.7 Å². The number of hydrogen-bond acceptors (Lipinski definition) is 4. The second-order valence-electron chi connectivity index (χ2n) is 8.08. The molecule has 1 aliphatic heterocycles. The largest absolute Gasteiger partial charge is 0.348 e. The van der Waals surface area contributed by atoms with Crippen LogP contribution in [0.1, 0.15) is 54.0 Å². The van der Waals surface area contributed by atoms with Gasteiger partial charge in [-0.05, 0) is 63.8 Å². The first-order valence-corrected chi connectivity index (χ1v) is 9.96. The van der Waals surface area contributed by atoms with Crippen molar-refractivity contribution in [2.24, 2.45) is 5.41 Å². The van der Waals surface area contributed by atoms with Crippen LogP contribution in [0.2, 0.25) is 0 Å². The molecule has 146 valence electrons. The lowest BCUT2D eigenvalue weighted by Gasteiger charge is -2.36. The summed E-state index contributed by atoms with van der Waals surface area (Å²) in [5.74, 6) is 0.0153. The Morgan fingerprint density at radius 3 is 2.79 bits per heavy atom. The van der Waals surface area contributed by atoms with Crippen LogP contribution in [-0.2, 0) is 4.79 Å². The monoisotopic (exact) mass is 378 g/mol. The predicted octanol–water partition coefficient (Wildman–Crippen LogP) is 3.19. The Morgan fingerprint density at radius 1 is 1.18 bits per heavy atom. The van der Waals surface area contributed by atoms with Crippen LogP contribution in [0.5, 0.6) is 0 Å². The first kappa shape index (κ1) is 18.6. The van der Waals surface area contributed by atoms with Gasteiger partial charge in [-0.3, -0.25) is 14.6 Å². The van der Waals surface area contributed by atoms with Crippen LogP contribution in [0.3, 0.4) is 0 Å². The van der Waals surface area contributed by atoms with E-state index in [-0.39, 0.29) is 23.3 Å². The minimum Gasteiger partial charge on any atom is -0.348 e. The summed E-state index contributed by atoms with van der Waals surface area (Å²) in [7, 11) is 0. The molecule has 2 atom stereocenters. The number of nitrogens with zero attached hydrogens (tertiary/aromatic N) is 3. The number of nitrogens with one attached hydrogen (secondary N) is 1. The zero-order chi connectivity index (χ0) is 19.7. The van der Waals surface area contributed by atoms with Gasteiger partial charge in [-0.1, -0.05) is 12.5 Å². The Labute approximate surface area is 165 Å². The molecule has 4 rings (SSSR count). The number of aryl methyl sites for hydroxylation is 2. The summed E-state index contributed by atoms with van der Waals surface area (Å²) < 4.78 is 0. The summed E-state index contributed by atoms with van der Waals surface area (Å²) in [6, 6.07) is 9.35. The normalized spacial score (nSPS) is 24.6. The highest BCUT2D eigenvalue weighted by atomic mass is 16.2. The van der Waals surface area contributed by atoms with Gasteiger partial charge in [0, 0.05) is 24.0 Å². The smallest absolute Gasteiger partial charge is 0.270 e. The van der Waals surface area contributed by atoms with Gasteiger partial charge in [-0.15, -0.1) is 0 Å². The highest BCUT2D eigenvalue weighted by Crippen LogP contribution is 2.46. The molecule has 28 heavy (non-hydrogen) atoms. The van der Waals surface area contributed by atoms with Crippen LogP contribution in [0, 0.1) is 19.3 Å². The summed E-state index contributed by atoms with van der Waals surface area (Å²) in [4.78, 5) is 36.4. The number of aromatic nitrogens is 2. The lowest BCUT2D eigenvalue weighted by Crippen LogP contribution is -2.46. The average Bonchev–Trinajstić information content (AvgIpc) is 2.98. The molecule has 2 aromatic heterocycles. The van der Waals surface area contributed by atoms with Gasteiger partial charge in [0.2, 0.25) is 5.91 Å². The van der Waals surface area contributed by atoms with Crippen molar-refractivity contribution in [2.75, 3.05) is 11.4 Å². The zero-order valence-electron chi connectivity index (χ0n) is 16.4. The van der Waals surface area contributed by atoms with Crippen molar-refractivity contribution in [2.45, 2.75) is 52.0 Å². The van der Waals surface area contributed by atoms with Crippen LogP contribution in [0.25, 0.3) is 0 Å². The number of rotatable bonds is 3. The minimum absolute atomic E-state index is 0.00334. The Kier molecular flexibility index (Phi) is 4.87. The number of carbonyl (C=O) groups excluding carboxylic acids is 2. The first-order valence-electron chi connectivity index (χ1n) is 9.96. The van der Waals surface area contributed by atoms with Gasteiger partial charge >= 0.3 is 0 Å². The minimum atomic E-state index is -0.374. The molecule has 3 heterocycles. The van der Waals surface area contributed by atoms with E-state index in [1.807, 2.05) is 43.0 Å². The molecule has 1 aliphatic carbocycles. The number of carbonyl (C=O) groups is 2. The predicted molar refractivity (Wildman–Crippen MR) is 107 cm³/mol. The van der Waals surface area contributed by atoms with E-state index in [0.717, 1.165) is 42.8 Å². The third-order valence-corrected chi connectivity index (χ3v) is 6.02. The molecule has 2 fully saturated rings. The van der Waals surface area contributed by atoms with E-state index < -0.39 is 0 Å². The lowest BCUT2D eigenvalue weighted by molar-refractivity contribution is -0.127. The Morgan fingerprint density at radius 2 is 2.04 bits per heavy atom. The summed E-state index contributed by atoms with van der Waals surface area (Å²) in [6.07, 6.45) is 6.03. The highest BCUT2D eigenvalue weighted by molar-refractivity contribution is 6.00.